The molecule has 1 aromatic carbocycles. The Kier molecular flexibility index (Phi) is 3.44. The first-order chi connectivity index (χ1) is 10.3. The van der Waals surface area contributed by atoms with E-state index in [1.54, 1.807) is 24.5 Å². The van der Waals surface area contributed by atoms with Gasteiger partial charge in [0, 0.05) is 29.7 Å². The summed E-state index contributed by atoms with van der Waals surface area (Å²) in [4.78, 5) is 8.53. The molecule has 2 aromatic heterocycles. The molecule has 0 saturated heterocycles. The average Bonchev–Trinajstić information content (AvgIpc) is 2.56. The van der Waals surface area contributed by atoms with Crippen LogP contribution in [0.4, 0.5) is 0 Å². The van der Waals surface area contributed by atoms with Gasteiger partial charge in [0.25, 0.3) is 0 Å². The van der Waals surface area contributed by atoms with Gasteiger partial charge in [-0.05, 0) is 42.3 Å². The van der Waals surface area contributed by atoms with Crippen LogP contribution in [0.1, 0.15) is 11.1 Å². The highest BCUT2D eigenvalue weighted by atomic mass is 14.7. The Hall–Kier alpha value is -2.99. The quantitative estimate of drug-likeness (QED) is 0.708. The molecule has 0 unspecified atom stereocenters. The fourth-order valence-corrected chi connectivity index (χ4v) is 2.30. The normalized spacial score (nSPS) is 10.1. The minimum absolute atomic E-state index is 0.587. The van der Waals surface area contributed by atoms with Crippen molar-refractivity contribution in [3.8, 4) is 28.5 Å². The zero-order valence-corrected chi connectivity index (χ0v) is 11.6. The maximum atomic E-state index is 9.26. The molecule has 0 aliphatic rings. The van der Waals surface area contributed by atoms with E-state index >= 15 is 0 Å². The highest BCUT2D eigenvalue weighted by Crippen LogP contribution is 2.29. The molecular weight excluding hydrogens is 258 g/mol. The second-order valence-electron chi connectivity index (χ2n) is 4.78. The highest BCUT2D eigenvalue weighted by Gasteiger charge is 2.10. The highest BCUT2D eigenvalue weighted by molar-refractivity contribution is 5.76. The molecule has 3 nitrogen and oxygen atoms in total. The molecule has 0 aliphatic carbocycles. The Balaban J connectivity index is 2.18. The van der Waals surface area contributed by atoms with E-state index in [1.807, 2.05) is 31.3 Å². The Bertz CT molecular complexity index is 817. The van der Waals surface area contributed by atoms with E-state index in [-0.39, 0.29) is 0 Å². The Morgan fingerprint density at radius 2 is 1.86 bits per heavy atom. The van der Waals surface area contributed by atoms with Crippen molar-refractivity contribution in [3.05, 3.63) is 72.2 Å². The van der Waals surface area contributed by atoms with Gasteiger partial charge in [-0.2, -0.15) is 5.26 Å². The topological polar surface area (TPSA) is 49.6 Å². The van der Waals surface area contributed by atoms with Gasteiger partial charge in [0.15, 0.2) is 0 Å². The number of nitrogens with zero attached hydrogens (tertiary/aromatic N) is 3. The number of aromatic nitrogens is 2. The first-order valence-electron chi connectivity index (χ1n) is 6.66. The minimum Gasteiger partial charge on any atom is -0.264 e. The molecule has 0 radical (unpaired) electrons. The monoisotopic (exact) mass is 271 g/mol. The summed E-state index contributed by atoms with van der Waals surface area (Å²) < 4.78 is 0. The van der Waals surface area contributed by atoms with Crippen LogP contribution in [0.3, 0.4) is 0 Å². The van der Waals surface area contributed by atoms with E-state index in [1.165, 1.54) is 0 Å². The van der Waals surface area contributed by atoms with Crippen LogP contribution in [0.25, 0.3) is 22.4 Å². The fourth-order valence-electron chi connectivity index (χ4n) is 2.30. The number of pyridine rings is 2. The molecule has 0 amide bonds. The molecule has 0 bridgehead atoms. The molecular formula is C18H13N3. The molecule has 0 atom stereocenters. The molecule has 21 heavy (non-hydrogen) atoms. The van der Waals surface area contributed by atoms with Crippen LogP contribution in [-0.2, 0) is 0 Å². The largest absolute Gasteiger partial charge is 0.264 e. The zero-order valence-electron chi connectivity index (χ0n) is 11.6. The maximum absolute atomic E-state index is 9.26. The number of benzene rings is 1. The summed E-state index contributed by atoms with van der Waals surface area (Å²) in [5, 5.41) is 9.26. The summed E-state index contributed by atoms with van der Waals surface area (Å²) in [5.74, 6) is 0. The fraction of sp³-hybridized carbons (Fsp3) is 0.0556. The molecule has 0 spiro atoms. The van der Waals surface area contributed by atoms with Crippen molar-refractivity contribution < 1.29 is 0 Å². The summed E-state index contributed by atoms with van der Waals surface area (Å²) in [6.45, 7) is 2.03. The molecule has 100 valence electrons. The predicted molar refractivity (Wildman–Crippen MR) is 82.4 cm³/mol. The molecule has 3 rings (SSSR count). The average molecular weight is 271 g/mol. The van der Waals surface area contributed by atoms with Gasteiger partial charge >= 0.3 is 0 Å². The third kappa shape index (κ3) is 2.52. The summed E-state index contributed by atoms with van der Waals surface area (Å²) in [6, 6.07) is 15.9. The molecule has 3 heteroatoms. The number of hydrogen-bond acceptors (Lipinski definition) is 3. The summed E-state index contributed by atoms with van der Waals surface area (Å²) in [7, 11) is 0. The van der Waals surface area contributed by atoms with E-state index in [9.17, 15) is 5.26 Å². The van der Waals surface area contributed by atoms with E-state index < -0.39 is 0 Å². The SMILES string of the molecule is Cc1ccc(-c2cccnc2)cc1-c1ncccc1C#N. The summed E-state index contributed by atoms with van der Waals surface area (Å²) in [6.07, 6.45) is 5.30. The van der Waals surface area contributed by atoms with Crippen LogP contribution >= 0.6 is 0 Å². The van der Waals surface area contributed by atoms with Crippen molar-refractivity contribution in [3.63, 3.8) is 0 Å². The van der Waals surface area contributed by atoms with Gasteiger partial charge in [-0.25, -0.2) is 0 Å². The van der Waals surface area contributed by atoms with Gasteiger partial charge in [-0.15, -0.1) is 0 Å². The molecule has 2 heterocycles. The smallest absolute Gasteiger partial charge is 0.101 e. The van der Waals surface area contributed by atoms with Crippen molar-refractivity contribution in [2.24, 2.45) is 0 Å². The van der Waals surface area contributed by atoms with Crippen LogP contribution in [0.5, 0.6) is 0 Å². The lowest BCUT2D eigenvalue weighted by molar-refractivity contribution is 1.28. The first-order valence-corrected chi connectivity index (χ1v) is 6.66. The lowest BCUT2D eigenvalue weighted by atomic mass is 9.96. The summed E-state index contributed by atoms with van der Waals surface area (Å²) in [5.41, 5.74) is 5.50. The molecule has 0 aliphatic heterocycles. The van der Waals surface area contributed by atoms with Gasteiger partial charge in [0.05, 0.1) is 11.3 Å². The summed E-state index contributed by atoms with van der Waals surface area (Å²) >= 11 is 0. The molecule has 0 saturated carbocycles. The minimum atomic E-state index is 0.587. The van der Waals surface area contributed by atoms with Crippen LogP contribution in [0.2, 0.25) is 0 Å². The van der Waals surface area contributed by atoms with Crippen LogP contribution in [0, 0.1) is 18.3 Å². The number of nitriles is 1. The van der Waals surface area contributed by atoms with E-state index in [0.29, 0.717) is 5.56 Å². The lowest BCUT2D eigenvalue weighted by Gasteiger charge is -2.09. The van der Waals surface area contributed by atoms with Crippen molar-refractivity contribution in [2.45, 2.75) is 6.92 Å². The standard InChI is InChI=1S/C18H13N3/c1-13-6-7-14(16-5-2-8-20-12-16)10-17(13)18-15(11-19)4-3-9-21-18/h2-10,12H,1H3. The number of rotatable bonds is 2. The van der Waals surface area contributed by atoms with Gasteiger partial charge in [0.2, 0.25) is 0 Å². The molecule has 3 aromatic rings. The first kappa shape index (κ1) is 13.0. The Morgan fingerprint density at radius 1 is 1.00 bits per heavy atom. The second kappa shape index (κ2) is 5.56. The van der Waals surface area contributed by atoms with Crippen molar-refractivity contribution in [1.29, 1.82) is 5.26 Å². The van der Waals surface area contributed by atoms with Crippen LogP contribution in [-0.4, -0.2) is 9.97 Å². The van der Waals surface area contributed by atoms with Crippen molar-refractivity contribution in [2.75, 3.05) is 0 Å². The van der Waals surface area contributed by atoms with Crippen molar-refractivity contribution in [1.82, 2.24) is 9.97 Å². The lowest BCUT2D eigenvalue weighted by Crippen LogP contribution is -1.92. The predicted octanol–water partition coefficient (Wildman–Crippen LogP) is 3.99. The molecule has 0 fully saturated rings. The van der Waals surface area contributed by atoms with Crippen molar-refractivity contribution >= 4 is 0 Å². The number of aryl methyl sites for hydroxylation is 1. The van der Waals surface area contributed by atoms with Gasteiger partial charge in [0.1, 0.15) is 6.07 Å². The van der Waals surface area contributed by atoms with E-state index in [2.05, 4.69) is 28.2 Å². The third-order valence-electron chi connectivity index (χ3n) is 3.42. The maximum Gasteiger partial charge on any atom is 0.101 e. The van der Waals surface area contributed by atoms with Gasteiger partial charge < -0.3 is 0 Å². The number of hydrogen-bond donors (Lipinski definition) is 0. The van der Waals surface area contributed by atoms with Gasteiger partial charge in [-0.1, -0.05) is 18.2 Å². The van der Waals surface area contributed by atoms with Gasteiger partial charge in [-0.3, -0.25) is 9.97 Å². The van der Waals surface area contributed by atoms with Crippen LogP contribution < -0.4 is 0 Å². The molecule has 0 N–H and O–H groups in total. The zero-order chi connectivity index (χ0) is 14.7. The Morgan fingerprint density at radius 3 is 2.62 bits per heavy atom. The van der Waals surface area contributed by atoms with Crippen LogP contribution in [0.15, 0.2) is 61.1 Å². The Labute approximate surface area is 123 Å². The second-order valence-corrected chi connectivity index (χ2v) is 4.78. The van der Waals surface area contributed by atoms with E-state index in [0.717, 1.165) is 27.9 Å². The third-order valence-corrected chi connectivity index (χ3v) is 3.42. The van der Waals surface area contributed by atoms with E-state index in [4.69, 9.17) is 0 Å².